The van der Waals surface area contributed by atoms with Crippen LogP contribution in [0.15, 0.2) is 22.7 Å². The average Bonchev–Trinajstić information content (AvgIpc) is 2.10. The molecule has 0 saturated carbocycles. The van der Waals surface area contributed by atoms with Crippen LogP contribution in [0.3, 0.4) is 0 Å². The lowest BCUT2D eigenvalue weighted by molar-refractivity contribution is 0.0989. The molecule has 1 aromatic rings. The molecule has 0 N–H and O–H groups in total. The largest absolute Gasteiger partial charge is 0.294 e. The average molecular weight is 306 g/mol. The van der Waals surface area contributed by atoms with Crippen LogP contribution in [0.4, 0.5) is 0 Å². The van der Waals surface area contributed by atoms with E-state index in [1.165, 1.54) is 0 Å². The van der Waals surface area contributed by atoms with E-state index in [0.717, 1.165) is 20.9 Å². The van der Waals surface area contributed by atoms with Crippen molar-refractivity contribution >= 4 is 37.6 Å². The van der Waals surface area contributed by atoms with Gasteiger partial charge in [-0.25, -0.2) is 0 Å². The molecule has 0 unspecified atom stereocenters. The van der Waals surface area contributed by atoms with Crippen LogP contribution in [0.2, 0.25) is 0 Å². The Bertz CT molecular complexity index is 321. The number of alkyl halides is 1. The molecule has 0 saturated heterocycles. The number of halogens is 2. The fourth-order valence-electron chi connectivity index (χ4n) is 1.13. The normalized spacial score (nSPS) is 10.1. The molecule has 0 heterocycles. The molecule has 0 radical (unpaired) electrons. The van der Waals surface area contributed by atoms with Crippen LogP contribution in [0.5, 0.6) is 0 Å². The molecule has 0 aromatic heterocycles. The quantitative estimate of drug-likeness (QED) is 0.614. The van der Waals surface area contributed by atoms with E-state index in [9.17, 15) is 4.79 Å². The van der Waals surface area contributed by atoms with Gasteiger partial charge in [0.25, 0.3) is 0 Å². The van der Waals surface area contributed by atoms with Gasteiger partial charge < -0.3 is 0 Å². The first-order valence-corrected chi connectivity index (χ1v) is 5.92. The number of rotatable bonds is 3. The molecule has 0 atom stereocenters. The topological polar surface area (TPSA) is 17.1 Å². The third-order valence-corrected chi connectivity index (χ3v) is 3.15. The molecule has 0 aliphatic heterocycles. The highest BCUT2D eigenvalue weighted by atomic mass is 79.9. The van der Waals surface area contributed by atoms with E-state index in [-0.39, 0.29) is 5.78 Å². The number of carbonyl (C=O) groups excluding carboxylic acids is 1. The lowest BCUT2D eigenvalue weighted by Gasteiger charge is -2.04. The van der Waals surface area contributed by atoms with Gasteiger partial charge in [0, 0.05) is 21.8 Å². The van der Waals surface area contributed by atoms with Crippen molar-refractivity contribution in [2.75, 3.05) is 5.33 Å². The van der Waals surface area contributed by atoms with Crippen molar-refractivity contribution in [1.29, 1.82) is 0 Å². The second-order valence-corrected chi connectivity index (χ2v) is 4.42. The summed E-state index contributed by atoms with van der Waals surface area (Å²) in [7, 11) is 0. The molecule has 3 heteroatoms. The molecule has 0 aliphatic rings. The molecule has 1 rings (SSSR count). The second-order valence-electron chi connectivity index (χ2n) is 2.77. The van der Waals surface area contributed by atoms with Crippen LogP contribution < -0.4 is 0 Å². The van der Waals surface area contributed by atoms with E-state index in [0.29, 0.717) is 6.42 Å². The zero-order valence-electron chi connectivity index (χ0n) is 7.31. The van der Waals surface area contributed by atoms with Gasteiger partial charge in [0.2, 0.25) is 0 Å². The third-order valence-electron chi connectivity index (χ3n) is 1.89. The predicted molar refractivity (Wildman–Crippen MR) is 61.6 cm³/mol. The number of hydrogen-bond acceptors (Lipinski definition) is 1. The summed E-state index contributed by atoms with van der Waals surface area (Å²) < 4.78 is 0.993. The summed E-state index contributed by atoms with van der Waals surface area (Å²) in [6.45, 7) is 1.95. The lowest BCUT2D eigenvalue weighted by Crippen LogP contribution is -2.02. The van der Waals surface area contributed by atoms with Crippen molar-refractivity contribution in [3.05, 3.63) is 33.8 Å². The summed E-state index contributed by atoms with van der Waals surface area (Å²) in [6.07, 6.45) is 0.553. The zero-order chi connectivity index (χ0) is 9.84. The summed E-state index contributed by atoms with van der Waals surface area (Å²) in [5, 5.41) is 0.720. The van der Waals surface area contributed by atoms with Gasteiger partial charge in [0.15, 0.2) is 5.78 Å². The van der Waals surface area contributed by atoms with Gasteiger partial charge >= 0.3 is 0 Å². The fourth-order valence-corrected chi connectivity index (χ4v) is 1.86. The SMILES string of the molecule is Cc1c(Br)cccc1C(=O)CCBr. The smallest absolute Gasteiger partial charge is 0.164 e. The van der Waals surface area contributed by atoms with E-state index in [1.54, 1.807) is 0 Å². The standard InChI is InChI=1S/C10H10Br2O/c1-7-8(10(13)5-6-11)3-2-4-9(7)12/h2-4H,5-6H2,1H3. The molecule has 0 spiro atoms. The molecule has 70 valence electrons. The molecular formula is C10H10Br2O. The Labute approximate surface area is 94.8 Å². The highest BCUT2D eigenvalue weighted by Gasteiger charge is 2.09. The summed E-state index contributed by atoms with van der Waals surface area (Å²) >= 11 is 6.66. The Morgan fingerprint density at radius 1 is 1.46 bits per heavy atom. The van der Waals surface area contributed by atoms with Crippen LogP contribution in [0.1, 0.15) is 22.3 Å². The Morgan fingerprint density at radius 3 is 2.77 bits per heavy atom. The highest BCUT2D eigenvalue weighted by molar-refractivity contribution is 9.10. The third kappa shape index (κ3) is 2.64. The number of benzene rings is 1. The first-order chi connectivity index (χ1) is 6.16. The Balaban J connectivity index is 3.01. The van der Waals surface area contributed by atoms with E-state index < -0.39 is 0 Å². The van der Waals surface area contributed by atoms with E-state index >= 15 is 0 Å². The first-order valence-electron chi connectivity index (χ1n) is 4.01. The summed E-state index contributed by atoms with van der Waals surface area (Å²) in [4.78, 5) is 11.6. The highest BCUT2D eigenvalue weighted by Crippen LogP contribution is 2.20. The van der Waals surface area contributed by atoms with Crippen LogP contribution in [-0.2, 0) is 0 Å². The van der Waals surface area contributed by atoms with E-state index in [2.05, 4.69) is 31.9 Å². The monoisotopic (exact) mass is 304 g/mol. The number of ketones is 1. The molecule has 0 amide bonds. The minimum atomic E-state index is 0.190. The fraction of sp³-hybridized carbons (Fsp3) is 0.300. The van der Waals surface area contributed by atoms with Crippen LogP contribution in [0, 0.1) is 6.92 Å². The van der Waals surface area contributed by atoms with Gasteiger partial charge in [-0.3, -0.25) is 4.79 Å². The first kappa shape index (κ1) is 10.9. The van der Waals surface area contributed by atoms with Crippen molar-refractivity contribution in [2.24, 2.45) is 0 Å². The molecule has 0 bridgehead atoms. The van der Waals surface area contributed by atoms with Crippen LogP contribution in [0.25, 0.3) is 0 Å². The molecule has 1 nitrogen and oxygen atoms in total. The van der Waals surface area contributed by atoms with Crippen LogP contribution in [-0.4, -0.2) is 11.1 Å². The minimum absolute atomic E-state index is 0.190. The van der Waals surface area contributed by atoms with E-state index in [1.807, 2.05) is 25.1 Å². The second kappa shape index (κ2) is 4.91. The number of carbonyl (C=O) groups is 1. The number of hydrogen-bond donors (Lipinski definition) is 0. The van der Waals surface area contributed by atoms with Crippen molar-refractivity contribution in [3.63, 3.8) is 0 Å². The molecule has 13 heavy (non-hydrogen) atoms. The van der Waals surface area contributed by atoms with Gasteiger partial charge in [0.05, 0.1) is 0 Å². The maximum absolute atomic E-state index is 11.6. The predicted octanol–water partition coefficient (Wildman–Crippen LogP) is 3.73. The summed E-state index contributed by atoms with van der Waals surface area (Å²) in [5.74, 6) is 0.190. The molecule has 1 aromatic carbocycles. The van der Waals surface area contributed by atoms with Crippen LogP contribution >= 0.6 is 31.9 Å². The van der Waals surface area contributed by atoms with Crippen molar-refractivity contribution in [1.82, 2.24) is 0 Å². The van der Waals surface area contributed by atoms with Crippen molar-refractivity contribution < 1.29 is 4.79 Å². The zero-order valence-corrected chi connectivity index (χ0v) is 10.5. The lowest BCUT2D eigenvalue weighted by atomic mass is 10.0. The molecular weight excluding hydrogens is 296 g/mol. The molecule has 0 fully saturated rings. The Kier molecular flexibility index (Phi) is 4.13. The molecule has 0 aliphatic carbocycles. The number of Topliss-reactive ketones (excluding diaryl/α,β-unsaturated/α-hetero) is 1. The van der Waals surface area contributed by atoms with Crippen molar-refractivity contribution in [2.45, 2.75) is 13.3 Å². The Hall–Kier alpha value is -0.150. The van der Waals surface area contributed by atoms with Gasteiger partial charge in [-0.1, -0.05) is 44.0 Å². The minimum Gasteiger partial charge on any atom is -0.294 e. The maximum Gasteiger partial charge on any atom is 0.164 e. The summed E-state index contributed by atoms with van der Waals surface area (Å²) in [5.41, 5.74) is 1.84. The maximum atomic E-state index is 11.6. The van der Waals surface area contributed by atoms with Gasteiger partial charge in [-0.15, -0.1) is 0 Å². The van der Waals surface area contributed by atoms with Gasteiger partial charge in [-0.2, -0.15) is 0 Å². The summed E-state index contributed by atoms with van der Waals surface area (Å²) in [6, 6.07) is 5.70. The van der Waals surface area contributed by atoms with Gasteiger partial charge in [0.1, 0.15) is 0 Å². The van der Waals surface area contributed by atoms with Crippen molar-refractivity contribution in [3.8, 4) is 0 Å². The van der Waals surface area contributed by atoms with E-state index in [4.69, 9.17) is 0 Å². The Morgan fingerprint density at radius 2 is 2.15 bits per heavy atom. The van der Waals surface area contributed by atoms with Gasteiger partial charge in [-0.05, 0) is 18.6 Å².